The predicted molar refractivity (Wildman–Crippen MR) is 83.6 cm³/mol. The second kappa shape index (κ2) is 7.13. The number of hydrogen-bond donors (Lipinski definition) is 0. The molecule has 0 heterocycles. The van der Waals surface area contributed by atoms with Crippen molar-refractivity contribution in [2.24, 2.45) is 0 Å². The molecular formula is C16H15BrO4. The minimum atomic E-state index is -0.459. The number of hydrogen-bond acceptors (Lipinski definition) is 4. The van der Waals surface area contributed by atoms with E-state index in [1.54, 1.807) is 36.4 Å². The average Bonchev–Trinajstić information content (AvgIpc) is 2.55. The number of rotatable bonds is 5. The quantitative estimate of drug-likeness (QED) is 0.467. The van der Waals surface area contributed by atoms with E-state index in [9.17, 15) is 4.79 Å². The highest BCUT2D eigenvalue weighted by Crippen LogP contribution is 2.39. The van der Waals surface area contributed by atoms with Crippen LogP contribution >= 0.6 is 15.9 Å². The molecule has 0 spiro atoms. The van der Waals surface area contributed by atoms with Crippen molar-refractivity contribution in [2.75, 3.05) is 14.2 Å². The van der Waals surface area contributed by atoms with E-state index in [2.05, 4.69) is 15.9 Å². The van der Waals surface area contributed by atoms with Crippen LogP contribution in [-0.2, 0) is 5.33 Å². The number of carbonyl (C=O) groups is 1. The highest BCUT2D eigenvalue weighted by molar-refractivity contribution is 9.08. The first-order valence-corrected chi connectivity index (χ1v) is 7.39. The number of esters is 1. The maximum atomic E-state index is 12.2. The summed E-state index contributed by atoms with van der Waals surface area (Å²) in [5, 5.41) is 0.645. The molecule has 0 aliphatic heterocycles. The SMILES string of the molecule is COc1cc(CBr)cc(OC)c1OC(=O)c1ccccc1. The Morgan fingerprint density at radius 1 is 1.05 bits per heavy atom. The standard InChI is InChI=1S/C16H15BrO4/c1-19-13-8-11(10-17)9-14(20-2)15(13)21-16(18)12-6-4-3-5-7-12/h3-9H,10H2,1-2H3. The van der Waals surface area contributed by atoms with Crippen LogP contribution in [0.1, 0.15) is 15.9 Å². The predicted octanol–water partition coefficient (Wildman–Crippen LogP) is 3.82. The molecule has 0 bridgehead atoms. The highest BCUT2D eigenvalue weighted by Gasteiger charge is 2.18. The van der Waals surface area contributed by atoms with Gasteiger partial charge in [0.15, 0.2) is 11.5 Å². The zero-order valence-corrected chi connectivity index (χ0v) is 13.3. The van der Waals surface area contributed by atoms with Crippen molar-refractivity contribution in [3.8, 4) is 17.2 Å². The fraction of sp³-hybridized carbons (Fsp3) is 0.188. The summed E-state index contributed by atoms with van der Waals surface area (Å²) in [5.74, 6) is 0.721. The first kappa shape index (κ1) is 15.4. The average molecular weight is 351 g/mol. The Bertz CT molecular complexity index is 600. The molecule has 0 aliphatic carbocycles. The molecule has 0 aliphatic rings. The lowest BCUT2D eigenvalue weighted by Gasteiger charge is -2.14. The van der Waals surface area contributed by atoms with Crippen LogP contribution in [0, 0.1) is 0 Å². The summed E-state index contributed by atoms with van der Waals surface area (Å²) in [5.41, 5.74) is 1.43. The first-order valence-electron chi connectivity index (χ1n) is 6.27. The van der Waals surface area contributed by atoms with Gasteiger partial charge in [-0.1, -0.05) is 34.1 Å². The van der Waals surface area contributed by atoms with Gasteiger partial charge in [0.1, 0.15) is 0 Å². The summed E-state index contributed by atoms with van der Waals surface area (Å²) in [4.78, 5) is 12.2. The van der Waals surface area contributed by atoms with E-state index < -0.39 is 5.97 Å². The van der Waals surface area contributed by atoms with Crippen LogP contribution in [0.25, 0.3) is 0 Å². The molecular weight excluding hydrogens is 336 g/mol. The van der Waals surface area contributed by atoms with Gasteiger partial charge in [-0.25, -0.2) is 4.79 Å². The van der Waals surface area contributed by atoms with Crippen LogP contribution in [-0.4, -0.2) is 20.2 Å². The van der Waals surface area contributed by atoms with E-state index in [0.717, 1.165) is 5.56 Å². The normalized spacial score (nSPS) is 10.0. The van der Waals surface area contributed by atoms with Crippen LogP contribution in [0.5, 0.6) is 17.2 Å². The van der Waals surface area contributed by atoms with Gasteiger partial charge in [-0.3, -0.25) is 0 Å². The summed E-state index contributed by atoms with van der Waals surface area (Å²) < 4.78 is 16.0. The molecule has 0 saturated heterocycles. The van der Waals surface area contributed by atoms with Gasteiger partial charge in [-0.15, -0.1) is 0 Å². The van der Waals surface area contributed by atoms with Crippen molar-refractivity contribution >= 4 is 21.9 Å². The lowest BCUT2D eigenvalue weighted by molar-refractivity contribution is 0.0724. The summed E-state index contributed by atoms with van der Waals surface area (Å²) in [6.07, 6.45) is 0. The summed E-state index contributed by atoms with van der Waals surface area (Å²) in [6.45, 7) is 0. The molecule has 2 aromatic carbocycles. The van der Waals surface area contributed by atoms with Crippen LogP contribution < -0.4 is 14.2 Å². The number of benzene rings is 2. The number of alkyl halides is 1. The minimum Gasteiger partial charge on any atom is -0.493 e. The molecule has 0 atom stereocenters. The minimum absolute atomic E-state index is 0.276. The van der Waals surface area contributed by atoms with E-state index >= 15 is 0 Å². The van der Waals surface area contributed by atoms with Crippen LogP contribution in [0.2, 0.25) is 0 Å². The van der Waals surface area contributed by atoms with Crippen molar-refractivity contribution in [3.63, 3.8) is 0 Å². The van der Waals surface area contributed by atoms with Crippen molar-refractivity contribution in [2.45, 2.75) is 5.33 Å². The monoisotopic (exact) mass is 350 g/mol. The van der Waals surface area contributed by atoms with Crippen LogP contribution in [0.3, 0.4) is 0 Å². The summed E-state index contributed by atoms with van der Waals surface area (Å²) in [6, 6.07) is 12.4. The van der Waals surface area contributed by atoms with Crippen molar-refractivity contribution in [1.29, 1.82) is 0 Å². The fourth-order valence-electron chi connectivity index (χ4n) is 1.84. The molecule has 2 aromatic rings. The third kappa shape index (κ3) is 3.55. The summed E-state index contributed by atoms with van der Waals surface area (Å²) in [7, 11) is 3.04. The van der Waals surface area contributed by atoms with Gasteiger partial charge in [-0.2, -0.15) is 0 Å². The Balaban J connectivity index is 2.36. The van der Waals surface area contributed by atoms with E-state index in [1.807, 2.05) is 6.07 Å². The maximum absolute atomic E-state index is 12.2. The molecule has 0 fully saturated rings. The number of ether oxygens (including phenoxy) is 3. The molecule has 5 heteroatoms. The second-order valence-corrected chi connectivity index (χ2v) is 4.78. The van der Waals surface area contributed by atoms with E-state index in [-0.39, 0.29) is 5.75 Å². The van der Waals surface area contributed by atoms with Crippen LogP contribution in [0.4, 0.5) is 0 Å². The Kier molecular flexibility index (Phi) is 5.22. The largest absolute Gasteiger partial charge is 0.493 e. The van der Waals surface area contributed by atoms with Crippen molar-refractivity contribution < 1.29 is 19.0 Å². The molecule has 0 saturated carbocycles. The Labute approximate surface area is 131 Å². The van der Waals surface area contributed by atoms with Crippen molar-refractivity contribution in [1.82, 2.24) is 0 Å². The van der Waals surface area contributed by atoms with Crippen molar-refractivity contribution in [3.05, 3.63) is 53.6 Å². The Morgan fingerprint density at radius 3 is 2.10 bits per heavy atom. The van der Waals surface area contributed by atoms with E-state index in [0.29, 0.717) is 22.4 Å². The topological polar surface area (TPSA) is 44.8 Å². The van der Waals surface area contributed by atoms with Gasteiger partial charge in [0.05, 0.1) is 19.8 Å². The fourth-order valence-corrected chi connectivity index (χ4v) is 2.16. The third-order valence-electron chi connectivity index (χ3n) is 2.88. The maximum Gasteiger partial charge on any atom is 0.343 e. The van der Waals surface area contributed by atoms with Gasteiger partial charge in [0.2, 0.25) is 5.75 Å². The molecule has 4 nitrogen and oxygen atoms in total. The Morgan fingerprint density at radius 2 is 1.62 bits per heavy atom. The smallest absolute Gasteiger partial charge is 0.343 e. The third-order valence-corrected chi connectivity index (χ3v) is 3.53. The molecule has 0 radical (unpaired) electrons. The lowest BCUT2D eigenvalue weighted by atomic mass is 10.2. The van der Waals surface area contributed by atoms with Gasteiger partial charge < -0.3 is 14.2 Å². The number of halogens is 1. The van der Waals surface area contributed by atoms with Gasteiger partial charge in [-0.05, 0) is 29.8 Å². The molecule has 2 rings (SSSR count). The van der Waals surface area contributed by atoms with Gasteiger partial charge in [0.25, 0.3) is 0 Å². The molecule has 0 aromatic heterocycles. The van der Waals surface area contributed by atoms with Crippen LogP contribution in [0.15, 0.2) is 42.5 Å². The Hall–Kier alpha value is -2.01. The molecule has 110 valence electrons. The molecule has 21 heavy (non-hydrogen) atoms. The van der Waals surface area contributed by atoms with E-state index in [1.165, 1.54) is 14.2 Å². The van der Waals surface area contributed by atoms with Gasteiger partial charge in [0, 0.05) is 5.33 Å². The zero-order valence-electron chi connectivity index (χ0n) is 11.8. The molecule has 0 N–H and O–H groups in total. The molecule has 0 amide bonds. The van der Waals surface area contributed by atoms with E-state index in [4.69, 9.17) is 14.2 Å². The lowest BCUT2D eigenvalue weighted by Crippen LogP contribution is -2.10. The highest BCUT2D eigenvalue weighted by atomic mass is 79.9. The number of methoxy groups -OCH3 is 2. The van der Waals surface area contributed by atoms with Gasteiger partial charge >= 0.3 is 5.97 Å². The molecule has 0 unspecified atom stereocenters. The summed E-state index contributed by atoms with van der Waals surface area (Å²) >= 11 is 3.38. The number of carbonyl (C=O) groups excluding carboxylic acids is 1. The zero-order chi connectivity index (χ0) is 15.2. The first-order chi connectivity index (χ1) is 10.2. The second-order valence-electron chi connectivity index (χ2n) is 4.22.